The molecule has 19 heavy (non-hydrogen) atoms. The lowest BCUT2D eigenvalue weighted by molar-refractivity contribution is 0.0957. The molecule has 1 aliphatic rings. The number of nitrogens with one attached hydrogen (secondary N) is 1. The van der Waals surface area contributed by atoms with Crippen molar-refractivity contribution >= 4 is 17.5 Å². The minimum absolute atomic E-state index is 0.0343. The van der Waals surface area contributed by atoms with Gasteiger partial charge in [-0.05, 0) is 24.1 Å². The van der Waals surface area contributed by atoms with Crippen molar-refractivity contribution in [1.82, 2.24) is 5.32 Å². The van der Waals surface area contributed by atoms with E-state index in [2.05, 4.69) is 12.2 Å². The van der Waals surface area contributed by atoms with Gasteiger partial charge in [-0.2, -0.15) is 0 Å². The fourth-order valence-electron chi connectivity index (χ4n) is 2.21. The molecule has 1 heterocycles. The first kappa shape index (κ1) is 14.2. The third-order valence-corrected chi connectivity index (χ3v) is 3.79. The fraction of sp³-hybridized carbons (Fsp3) is 0.533. The molecule has 0 bridgehead atoms. The Balaban J connectivity index is 2.12. The molecule has 1 aromatic carbocycles. The Morgan fingerprint density at radius 2 is 2.26 bits per heavy atom. The summed E-state index contributed by atoms with van der Waals surface area (Å²) < 4.78 is 5.53. The molecule has 0 aliphatic carbocycles. The molecule has 1 unspecified atom stereocenters. The summed E-state index contributed by atoms with van der Waals surface area (Å²) in [7, 11) is 0. The zero-order valence-electron chi connectivity index (χ0n) is 11.2. The highest BCUT2D eigenvalue weighted by atomic mass is 35.5. The molecule has 1 aliphatic heterocycles. The van der Waals surface area contributed by atoms with E-state index in [1.807, 2.05) is 18.2 Å². The molecular formula is C15H20ClNO2. The second kappa shape index (κ2) is 6.80. The van der Waals surface area contributed by atoms with E-state index in [1.54, 1.807) is 0 Å². The molecule has 4 heteroatoms. The van der Waals surface area contributed by atoms with Gasteiger partial charge in [-0.3, -0.25) is 4.79 Å². The molecule has 2 rings (SSSR count). The number of halogens is 1. The van der Waals surface area contributed by atoms with E-state index in [4.69, 9.17) is 16.3 Å². The summed E-state index contributed by atoms with van der Waals surface area (Å²) in [5, 5.41) is 2.78. The van der Waals surface area contributed by atoms with Gasteiger partial charge in [0.2, 0.25) is 0 Å². The molecule has 0 saturated carbocycles. The first-order valence-electron chi connectivity index (χ1n) is 6.91. The number of amides is 1. The van der Waals surface area contributed by atoms with Gasteiger partial charge in [0.1, 0.15) is 12.4 Å². The Hall–Kier alpha value is -1.22. The first-order valence-corrected chi connectivity index (χ1v) is 7.35. The van der Waals surface area contributed by atoms with Gasteiger partial charge < -0.3 is 10.1 Å². The van der Waals surface area contributed by atoms with Crippen molar-refractivity contribution in [2.75, 3.05) is 13.2 Å². The van der Waals surface area contributed by atoms with E-state index in [-0.39, 0.29) is 11.3 Å². The number of fused-ring (bicyclic) bond motifs is 1. The molecular weight excluding hydrogens is 262 g/mol. The lowest BCUT2D eigenvalue weighted by Gasteiger charge is -2.12. The van der Waals surface area contributed by atoms with Gasteiger partial charge >= 0.3 is 0 Å². The second-order valence-corrected chi connectivity index (χ2v) is 5.35. The molecule has 104 valence electrons. The highest BCUT2D eigenvalue weighted by Gasteiger charge is 2.18. The van der Waals surface area contributed by atoms with Gasteiger partial charge in [0.15, 0.2) is 0 Å². The van der Waals surface area contributed by atoms with Crippen molar-refractivity contribution in [3.63, 3.8) is 0 Å². The topological polar surface area (TPSA) is 38.3 Å². The van der Waals surface area contributed by atoms with E-state index in [9.17, 15) is 4.79 Å². The lowest BCUT2D eigenvalue weighted by atomic mass is 10.0. The molecule has 3 nitrogen and oxygen atoms in total. The Bertz CT molecular complexity index is 448. The second-order valence-electron chi connectivity index (χ2n) is 4.82. The standard InChI is InChI=1S/C15H20ClNO2/c1-2-3-4-5-13(16)11-6-7-14-12(10-11)15(18)17-8-9-19-14/h6-7,10,13H,2-5,8-9H2,1H3,(H,17,18). The van der Waals surface area contributed by atoms with Crippen LogP contribution in [-0.4, -0.2) is 19.1 Å². The van der Waals surface area contributed by atoms with Crippen LogP contribution in [-0.2, 0) is 0 Å². The highest BCUT2D eigenvalue weighted by Crippen LogP contribution is 2.31. The van der Waals surface area contributed by atoms with Gasteiger partial charge in [-0.1, -0.05) is 32.3 Å². The number of unbranched alkanes of at least 4 members (excludes halogenated alkanes) is 2. The van der Waals surface area contributed by atoms with E-state index in [1.165, 1.54) is 12.8 Å². The largest absolute Gasteiger partial charge is 0.491 e. The van der Waals surface area contributed by atoms with Crippen LogP contribution in [0.25, 0.3) is 0 Å². The van der Waals surface area contributed by atoms with Crippen LogP contribution in [0.1, 0.15) is 53.9 Å². The first-order chi connectivity index (χ1) is 9.22. The number of hydrogen-bond donors (Lipinski definition) is 1. The van der Waals surface area contributed by atoms with Gasteiger partial charge in [0, 0.05) is 0 Å². The van der Waals surface area contributed by atoms with Crippen molar-refractivity contribution < 1.29 is 9.53 Å². The number of rotatable bonds is 5. The van der Waals surface area contributed by atoms with Crippen LogP contribution in [0.4, 0.5) is 0 Å². The summed E-state index contributed by atoms with van der Waals surface area (Å²) in [6, 6.07) is 5.67. The summed E-state index contributed by atoms with van der Waals surface area (Å²) in [6.45, 7) is 3.23. The number of alkyl halides is 1. The molecule has 0 fully saturated rings. The molecule has 1 aromatic rings. The zero-order chi connectivity index (χ0) is 13.7. The van der Waals surface area contributed by atoms with Gasteiger partial charge in [-0.15, -0.1) is 11.6 Å². The quantitative estimate of drug-likeness (QED) is 0.661. The smallest absolute Gasteiger partial charge is 0.255 e. The molecule has 0 spiro atoms. The van der Waals surface area contributed by atoms with Gasteiger partial charge in [-0.25, -0.2) is 0 Å². The molecule has 1 atom stereocenters. The molecule has 0 saturated heterocycles. The molecule has 1 N–H and O–H groups in total. The normalized spacial score (nSPS) is 16.0. The monoisotopic (exact) mass is 281 g/mol. The maximum Gasteiger partial charge on any atom is 0.255 e. The SMILES string of the molecule is CCCCCC(Cl)c1ccc2c(c1)C(=O)NCCO2. The number of carbonyl (C=O) groups is 1. The maximum atomic E-state index is 11.9. The van der Waals surface area contributed by atoms with E-state index >= 15 is 0 Å². The zero-order valence-corrected chi connectivity index (χ0v) is 12.0. The summed E-state index contributed by atoms with van der Waals surface area (Å²) in [6.07, 6.45) is 4.43. The Morgan fingerprint density at radius 1 is 1.42 bits per heavy atom. The predicted octanol–water partition coefficient (Wildman–Crippen LogP) is 3.67. The third-order valence-electron chi connectivity index (χ3n) is 3.32. The average Bonchev–Trinajstić information content (AvgIpc) is 2.61. The Kier molecular flexibility index (Phi) is 5.08. The minimum atomic E-state index is -0.0771. The lowest BCUT2D eigenvalue weighted by Crippen LogP contribution is -2.24. The van der Waals surface area contributed by atoms with Crippen molar-refractivity contribution in [3.8, 4) is 5.75 Å². The molecule has 1 amide bonds. The third kappa shape index (κ3) is 3.63. The van der Waals surface area contributed by atoms with Crippen LogP contribution >= 0.6 is 11.6 Å². The van der Waals surface area contributed by atoms with E-state index < -0.39 is 0 Å². The Morgan fingerprint density at radius 3 is 3.05 bits per heavy atom. The molecule has 0 radical (unpaired) electrons. The number of carbonyl (C=O) groups excluding carboxylic acids is 1. The Labute approximate surface area is 119 Å². The van der Waals surface area contributed by atoms with Crippen LogP contribution in [0.2, 0.25) is 0 Å². The maximum absolute atomic E-state index is 11.9. The van der Waals surface area contributed by atoms with Crippen LogP contribution in [0, 0.1) is 0 Å². The van der Waals surface area contributed by atoms with Gasteiger partial charge in [0.05, 0.1) is 17.5 Å². The number of ether oxygens (including phenoxy) is 1. The molecule has 0 aromatic heterocycles. The van der Waals surface area contributed by atoms with Crippen LogP contribution in [0.5, 0.6) is 5.75 Å². The van der Waals surface area contributed by atoms with Crippen molar-refractivity contribution in [2.45, 2.75) is 38.0 Å². The van der Waals surface area contributed by atoms with Crippen molar-refractivity contribution in [1.29, 1.82) is 0 Å². The highest BCUT2D eigenvalue weighted by molar-refractivity contribution is 6.20. The van der Waals surface area contributed by atoms with Crippen molar-refractivity contribution in [3.05, 3.63) is 29.3 Å². The van der Waals surface area contributed by atoms with Crippen LogP contribution in [0.15, 0.2) is 18.2 Å². The van der Waals surface area contributed by atoms with Gasteiger partial charge in [0.25, 0.3) is 5.91 Å². The minimum Gasteiger partial charge on any atom is -0.491 e. The van der Waals surface area contributed by atoms with Crippen LogP contribution in [0.3, 0.4) is 0 Å². The average molecular weight is 282 g/mol. The predicted molar refractivity (Wildman–Crippen MR) is 77.0 cm³/mol. The fourth-order valence-corrected chi connectivity index (χ4v) is 2.50. The van der Waals surface area contributed by atoms with E-state index in [0.717, 1.165) is 18.4 Å². The number of benzene rings is 1. The number of hydrogen-bond acceptors (Lipinski definition) is 2. The summed E-state index contributed by atoms with van der Waals surface area (Å²) in [4.78, 5) is 11.9. The van der Waals surface area contributed by atoms with Crippen molar-refractivity contribution in [2.24, 2.45) is 0 Å². The summed E-state index contributed by atoms with van der Waals surface area (Å²) >= 11 is 6.40. The van der Waals surface area contributed by atoms with Crippen LogP contribution < -0.4 is 10.1 Å². The summed E-state index contributed by atoms with van der Waals surface area (Å²) in [5.41, 5.74) is 1.59. The van der Waals surface area contributed by atoms with E-state index in [0.29, 0.717) is 24.5 Å². The summed E-state index contributed by atoms with van der Waals surface area (Å²) in [5.74, 6) is 0.572.